The summed E-state index contributed by atoms with van der Waals surface area (Å²) in [5, 5.41) is 13.7. The molecule has 0 unspecified atom stereocenters. The largest absolute Gasteiger partial charge is 0.236 e. The Kier molecular flexibility index (Phi) is 4.53. The molecule has 0 aliphatic heterocycles. The molecule has 25 heavy (non-hydrogen) atoms. The third kappa shape index (κ3) is 3.12. The van der Waals surface area contributed by atoms with Crippen LogP contribution >= 0.6 is 0 Å². The number of azo groups is 1. The lowest BCUT2D eigenvalue weighted by atomic mass is 9.98. The molecule has 4 nitrogen and oxygen atoms in total. The predicted molar refractivity (Wildman–Crippen MR) is 103 cm³/mol. The van der Waals surface area contributed by atoms with Gasteiger partial charge in [0.2, 0.25) is 0 Å². The standard InChI is InChI=1S/C21H24N4/c1-13-12-20(16(4)15(3)14(13)2)22-23-21-17(5)24-25(18(21)6)19-10-8-7-9-11-19/h7-12H,1-6H3. The van der Waals surface area contributed by atoms with Gasteiger partial charge < -0.3 is 0 Å². The first-order valence-corrected chi connectivity index (χ1v) is 8.51. The Labute approximate surface area is 149 Å². The molecule has 0 radical (unpaired) electrons. The third-order valence-electron chi connectivity index (χ3n) is 4.97. The Morgan fingerprint density at radius 2 is 1.48 bits per heavy atom. The number of rotatable bonds is 3. The van der Waals surface area contributed by atoms with Gasteiger partial charge in [0.05, 0.1) is 22.8 Å². The zero-order valence-electron chi connectivity index (χ0n) is 15.8. The van der Waals surface area contributed by atoms with Crippen molar-refractivity contribution in [3.05, 3.63) is 70.0 Å². The Morgan fingerprint density at radius 3 is 2.16 bits per heavy atom. The van der Waals surface area contributed by atoms with Gasteiger partial charge in [-0.25, -0.2) is 4.68 Å². The van der Waals surface area contributed by atoms with E-state index < -0.39 is 0 Å². The van der Waals surface area contributed by atoms with Crippen LogP contribution in [0.1, 0.15) is 33.6 Å². The maximum absolute atomic E-state index is 4.63. The molecule has 0 atom stereocenters. The van der Waals surface area contributed by atoms with E-state index in [2.05, 4.69) is 49.1 Å². The molecule has 3 rings (SSSR count). The van der Waals surface area contributed by atoms with E-state index in [0.29, 0.717) is 0 Å². The third-order valence-corrected chi connectivity index (χ3v) is 4.97. The van der Waals surface area contributed by atoms with Crippen LogP contribution in [-0.2, 0) is 0 Å². The van der Waals surface area contributed by atoms with Crippen molar-refractivity contribution in [2.45, 2.75) is 41.5 Å². The second kappa shape index (κ2) is 6.63. The van der Waals surface area contributed by atoms with Crippen LogP contribution in [0.15, 0.2) is 46.6 Å². The van der Waals surface area contributed by atoms with E-state index in [1.54, 1.807) is 0 Å². The zero-order valence-corrected chi connectivity index (χ0v) is 15.8. The average molecular weight is 332 g/mol. The fraction of sp³-hybridized carbons (Fsp3) is 0.286. The quantitative estimate of drug-likeness (QED) is 0.531. The van der Waals surface area contributed by atoms with Crippen LogP contribution in [0.4, 0.5) is 11.4 Å². The average Bonchev–Trinajstić information content (AvgIpc) is 2.90. The molecular formula is C21H24N4. The van der Waals surface area contributed by atoms with Crippen molar-refractivity contribution in [3.63, 3.8) is 0 Å². The summed E-state index contributed by atoms with van der Waals surface area (Å²) >= 11 is 0. The Balaban J connectivity index is 2.02. The van der Waals surface area contributed by atoms with Gasteiger partial charge in [-0.2, -0.15) is 10.2 Å². The van der Waals surface area contributed by atoms with Gasteiger partial charge in [0, 0.05) is 0 Å². The summed E-state index contributed by atoms with van der Waals surface area (Å²) in [4.78, 5) is 0. The van der Waals surface area contributed by atoms with E-state index in [9.17, 15) is 0 Å². The second-order valence-corrected chi connectivity index (χ2v) is 6.55. The van der Waals surface area contributed by atoms with Crippen molar-refractivity contribution in [2.24, 2.45) is 10.2 Å². The first kappa shape index (κ1) is 17.1. The number of aromatic nitrogens is 2. The highest BCUT2D eigenvalue weighted by Gasteiger charge is 2.13. The van der Waals surface area contributed by atoms with Gasteiger partial charge in [0.15, 0.2) is 0 Å². The van der Waals surface area contributed by atoms with Crippen LogP contribution in [0.25, 0.3) is 5.69 Å². The van der Waals surface area contributed by atoms with Gasteiger partial charge >= 0.3 is 0 Å². The minimum absolute atomic E-state index is 0.833. The molecule has 2 aromatic carbocycles. The molecule has 1 heterocycles. The lowest BCUT2D eigenvalue weighted by Gasteiger charge is -2.10. The molecule has 0 fully saturated rings. The van der Waals surface area contributed by atoms with Crippen molar-refractivity contribution in [3.8, 4) is 5.69 Å². The fourth-order valence-electron chi connectivity index (χ4n) is 3.00. The highest BCUT2D eigenvalue weighted by Crippen LogP contribution is 2.31. The van der Waals surface area contributed by atoms with Gasteiger partial charge in [0.25, 0.3) is 0 Å². The van der Waals surface area contributed by atoms with Crippen molar-refractivity contribution >= 4 is 11.4 Å². The summed E-state index contributed by atoms with van der Waals surface area (Å²) in [7, 11) is 0. The molecule has 3 aromatic rings. The minimum atomic E-state index is 0.833. The van der Waals surface area contributed by atoms with Crippen LogP contribution in [0.2, 0.25) is 0 Å². The summed E-state index contributed by atoms with van der Waals surface area (Å²) in [6, 6.07) is 12.2. The first-order chi connectivity index (χ1) is 11.9. The highest BCUT2D eigenvalue weighted by molar-refractivity contribution is 5.56. The van der Waals surface area contributed by atoms with Crippen molar-refractivity contribution < 1.29 is 0 Å². The smallest absolute Gasteiger partial charge is 0.130 e. The highest BCUT2D eigenvalue weighted by atomic mass is 15.3. The Morgan fingerprint density at radius 1 is 0.800 bits per heavy atom. The molecule has 0 saturated heterocycles. The summed E-state index contributed by atoms with van der Waals surface area (Å²) in [6.45, 7) is 12.5. The molecule has 1 aromatic heterocycles. The molecule has 0 bridgehead atoms. The summed E-state index contributed by atoms with van der Waals surface area (Å²) in [5.74, 6) is 0. The lowest BCUT2D eigenvalue weighted by Crippen LogP contribution is -1.98. The summed E-state index contributed by atoms with van der Waals surface area (Å²) in [6.07, 6.45) is 0. The van der Waals surface area contributed by atoms with Gasteiger partial charge in [-0.1, -0.05) is 18.2 Å². The van der Waals surface area contributed by atoms with Crippen LogP contribution in [0, 0.1) is 41.5 Å². The van der Waals surface area contributed by atoms with Gasteiger partial charge in [0.1, 0.15) is 5.69 Å². The molecular weight excluding hydrogens is 308 g/mol. The van der Waals surface area contributed by atoms with Gasteiger partial charge in [-0.05, 0) is 82.0 Å². The molecule has 0 amide bonds. The molecule has 128 valence electrons. The zero-order chi connectivity index (χ0) is 18.1. The number of aryl methyl sites for hydroxylation is 2. The Hall–Kier alpha value is -2.75. The summed E-state index contributed by atoms with van der Waals surface area (Å²) in [5.41, 5.74) is 9.67. The molecule has 0 aliphatic carbocycles. The molecule has 4 heteroatoms. The fourth-order valence-corrected chi connectivity index (χ4v) is 3.00. The first-order valence-electron chi connectivity index (χ1n) is 8.51. The monoisotopic (exact) mass is 332 g/mol. The maximum atomic E-state index is 4.63. The molecule has 0 spiro atoms. The number of nitrogens with zero attached hydrogens (tertiary/aromatic N) is 4. The van der Waals surface area contributed by atoms with Crippen molar-refractivity contribution in [2.75, 3.05) is 0 Å². The van der Waals surface area contributed by atoms with Crippen LogP contribution in [-0.4, -0.2) is 9.78 Å². The van der Waals surface area contributed by atoms with Crippen LogP contribution < -0.4 is 0 Å². The van der Waals surface area contributed by atoms with E-state index >= 15 is 0 Å². The van der Waals surface area contributed by atoms with E-state index in [1.807, 2.05) is 48.9 Å². The van der Waals surface area contributed by atoms with E-state index in [4.69, 9.17) is 0 Å². The van der Waals surface area contributed by atoms with Crippen molar-refractivity contribution in [1.82, 2.24) is 9.78 Å². The van der Waals surface area contributed by atoms with E-state index in [1.165, 1.54) is 22.3 Å². The Bertz CT molecular complexity index is 950. The van der Waals surface area contributed by atoms with Crippen LogP contribution in [0.5, 0.6) is 0 Å². The number of hydrogen-bond donors (Lipinski definition) is 0. The minimum Gasteiger partial charge on any atom is -0.236 e. The molecule has 0 N–H and O–H groups in total. The number of benzene rings is 2. The van der Waals surface area contributed by atoms with Gasteiger partial charge in [-0.15, -0.1) is 5.11 Å². The lowest BCUT2D eigenvalue weighted by molar-refractivity contribution is 0.833. The SMILES string of the molecule is Cc1cc(N=Nc2c(C)nn(-c3ccccc3)c2C)c(C)c(C)c1C. The maximum Gasteiger partial charge on any atom is 0.130 e. The second-order valence-electron chi connectivity index (χ2n) is 6.55. The number of para-hydroxylation sites is 1. The number of hydrogen-bond acceptors (Lipinski definition) is 3. The predicted octanol–water partition coefficient (Wildman–Crippen LogP) is 6.14. The summed E-state index contributed by atoms with van der Waals surface area (Å²) < 4.78 is 1.92. The van der Waals surface area contributed by atoms with Crippen molar-refractivity contribution in [1.29, 1.82) is 0 Å². The normalized spacial score (nSPS) is 11.4. The van der Waals surface area contributed by atoms with Crippen LogP contribution in [0.3, 0.4) is 0 Å². The van der Waals surface area contributed by atoms with E-state index in [0.717, 1.165) is 28.5 Å². The van der Waals surface area contributed by atoms with E-state index in [-0.39, 0.29) is 0 Å². The molecule has 0 aliphatic rings. The molecule has 0 saturated carbocycles. The van der Waals surface area contributed by atoms with Gasteiger partial charge in [-0.3, -0.25) is 0 Å². The topological polar surface area (TPSA) is 42.5 Å².